The second-order valence-corrected chi connectivity index (χ2v) is 6.65. The number of fused-ring (bicyclic) bond motifs is 1. The maximum atomic E-state index is 3.76. The van der Waals surface area contributed by atoms with E-state index in [2.05, 4.69) is 53.3 Å². The maximum Gasteiger partial charge on any atom is 0.0428 e. The molecule has 0 amide bonds. The van der Waals surface area contributed by atoms with E-state index >= 15 is 0 Å². The third kappa shape index (κ3) is 2.63. The van der Waals surface area contributed by atoms with Crippen molar-refractivity contribution in [1.82, 2.24) is 5.32 Å². The van der Waals surface area contributed by atoms with Gasteiger partial charge in [0.25, 0.3) is 0 Å². The molecule has 1 aromatic heterocycles. The number of thioether (sulfide) groups is 1. The lowest BCUT2D eigenvalue weighted by Gasteiger charge is -2.19. The van der Waals surface area contributed by atoms with Gasteiger partial charge < -0.3 is 5.32 Å². The summed E-state index contributed by atoms with van der Waals surface area (Å²) in [4.78, 5) is 1.44. The fourth-order valence-corrected chi connectivity index (χ4v) is 4.32. The van der Waals surface area contributed by atoms with Crippen molar-refractivity contribution in [3.05, 3.63) is 52.2 Å². The Bertz CT molecular complexity index is 507. The molecule has 18 heavy (non-hydrogen) atoms. The molecular weight excluding hydrogens is 258 g/mol. The van der Waals surface area contributed by atoms with Crippen LogP contribution in [-0.4, -0.2) is 11.8 Å². The molecule has 2 heterocycles. The van der Waals surface area contributed by atoms with E-state index in [4.69, 9.17) is 0 Å². The molecule has 1 aliphatic rings. The summed E-state index contributed by atoms with van der Waals surface area (Å²) in [7, 11) is 0. The molecule has 0 aliphatic carbocycles. The van der Waals surface area contributed by atoms with Gasteiger partial charge in [-0.3, -0.25) is 0 Å². The highest BCUT2D eigenvalue weighted by atomic mass is 32.2. The molecule has 2 atom stereocenters. The number of rotatable bonds is 4. The van der Waals surface area contributed by atoms with E-state index in [9.17, 15) is 0 Å². The first-order valence-electron chi connectivity index (χ1n) is 6.32. The predicted molar refractivity (Wildman–Crippen MR) is 80.5 cm³/mol. The Kier molecular flexibility index (Phi) is 3.73. The zero-order valence-corrected chi connectivity index (χ0v) is 12.1. The highest BCUT2D eigenvalue weighted by Gasteiger charge is 2.23. The Morgan fingerprint density at radius 3 is 3.06 bits per heavy atom. The third-order valence-electron chi connectivity index (χ3n) is 3.31. The number of hydrogen-bond donors (Lipinski definition) is 1. The van der Waals surface area contributed by atoms with Crippen molar-refractivity contribution in [3.63, 3.8) is 0 Å². The Balaban J connectivity index is 1.64. The average molecular weight is 275 g/mol. The van der Waals surface area contributed by atoms with E-state index in [0.29, 0.717) is 12.1 Å². The molecule has 1 nitrogen and oxygen atoms in total. The molecule has 2 unspecified atom stereocenters. The summed E-state index contributed by atoms with van der Waals surface area (Å²) in [5.74, 6) is 1.16. The van der Waals surface area contributed by atoms with Crippen LogP contribution in [0.4, 0.5) is 0 Å². The molecule has 0 saturated heterocycles. The van der Waals surface area contributed by atoms with Gasteiger partial charge in [0.2, 0.25) is 0 Å². The summed E-state index contributed by atoms with van der Waals surface area (Å²) in [6, 6.07) is 12.0. The summed E-state index contributed by atoms with van der Waals surface area (Å²) in [6.45, 7) is 2.28. The molecule has 0 spiro atoms. The highest BCUT2D eigenvalue weighted by Crippen LogP contribution is 2.37. The van der Waals surface area contributed by atoms with Gasteiger partial charge >= 0.3 is 0 Å². The molecule has 2 aromatic rings. The zero-order chi connectivity index (χ0) is 12.4. The van der Waals surface area contributed by atoms with Crippen LogP contribution in [0.3, 0.4) is 0 Å². The van der Waals surface area contributed by atoms with Crippen molar-refractivity contribution in [2.24, 2.45) is 0 Å². The highest BCUT2D eigenvalue weighted by molar-refractivity contribution is 7.99. The van der Waals surface area contributed by atoms with Crippen molar-refractivity contribution < 1.29 is 0 Å². The van der Waals surface area contributed by atoms with Crippen LogP contribution in [0.2, 0.25) is 0 Å². The van der Waals surface area contributed by atoms with Crippen LogP contribution in [0.1, 0.15) is 24.1 Å². The molecule has 3 heteroatoms. The fourth-order valence-electron chi connectivity index (χ4n) is 2.47. The summed E-state index contributed by atoms with van der Waals surface area (Å²) >= 11 is 3.75. The second-order valence-electron chi connectivity index (χ2n) is 4.80. The van der Waals surface area contributed by atoms with Crippen LogP contribution in [0, 0.1) is 0 Å². The minimum absolute atomic E-state index is 0.514. The van der Waals surface area contributed by atoms with Gasteiger partial charge in [-0.1, -0.05) is 18.2 Å². The van der Waals surface area contributed by atoms with E-state index < -0.39 is 0 Å². The summed E-state index contributed by atoms with van der Waals surface area (Å²) < 4.78 is 0. The topological polar surface area (TPSA) is 12.0 Å². The minimum Gasteiger partial charge on any atom is -0.306 e. The van der Waals surface area contributed by atoms with Gasteiger partial charge in [-0.05, 0) is 47.4 Å². The van der Waals surface area contributed by atoms with Crippen LogP contribution in [0.15, 0.2) is 46.0 Å². The number of nitrogens with one attached hydrogen (secondary N) is 1. The van der Waals surface area contributed by atoms with Gasteiger partial charge in [-0.2, -0.15) is 11.3 Å². The SMILES string of the molecule is CC(Cc1ccsc1)NC1CSc2ccccc21. The Hall–Kier alpha value is -0.770. The lowest BCUT2D eigenvalue weighted by atomic mass is 10.1. The molecule has 1 aromatic carbocycles. The van der Waals surface area contributed by atoms with Crippen molar-refractivity contribution in [2.45, 2.75) is 30.3 Å². The van der Waals surface area contributed by atoms with Crippen LogP contribution < -0.4 is 5.32 Å². The smallest absolute Gasteiger partial charge is 0.0428 e. The predicted octanol–water partition coefficient (Wildman–Crippen LogP) is 4.12. The summed E-state index contributed by atoms with van der Waals surface area (Å²) in [5, 5.41) is 8.16. The molecule has 1 aliphatic heterocycles. The van der Waals surface area contributed by atoms with E-state index in [1.54, 1.807) is 11.3 Å². The molecular formula is C15H17NS2. The van der Waals surface area contributed by atoms with Crippen LogP contribution in [0.25, 0.3) is 0 Å². The first kappa shape index (κ1) is 12.3. The van der Waals surface area contributed by atoms with Gasteiger partial charge in [0.1, 0.15) is 0 Å². The quantitative estimate of drug-likeness (QED) is 0.901. The average Bonchev–Trinajstić information content (AvgIpc) is 3.00. The van der Waals surface area contributed by atoms with Crippen molar-refractivity contribution in [3.8, 4) is 0 Å². The molecule has 94 valence electrons. The largest absolute Gasteiger partial charge is 0.306 e. The Morgan fingerprint density at radius 2 is 2.22 bits per heavy atom. The molecule has 1 N–H and O–H groups in total. The zero-order valence-electron chi connectivity index (χ0n) is 10.4. The number of hydrogen-bond acceptors (Lipinski definition) is 3. The van der Waals surface area contributed by atoms with Crippen molar-refractivity contribution in [1.29, 1.82) is 0 Å². The summed E-state index contributed by atoms with van der Waals surface area (Å²) in [6.07, 6.45) is 1.12. The molecule has 3 rings (SSSR count). The normalized spacial score (nSPS) is 19.7. The van der Waals surface area contributed by atoms with Crippen LogP contribution in [0.5, 0.6) is 0 Å². The summed E-state index contributed by atoms with van der Waals surface area (Å²) in [5.41, 5.74) is 2.92. The van der Waals surface area contributed by atoms with Gasteiger partial charge in [-0.15, -0.1) is 11.8 Å². The first-order valence-corrected chi connectivity index (χ1v) is 8.24. The van der Waals surface area contributed by atoms with Crippen LogP contribution >= 0.6 is 23.1 Å². The van der Waals surface area contributed by atoms with E-state index in [0.717, 1.165) is 12.2 Å². The van der Waals surface area contributed by atoms with Gasteiger partial charge in [0.15, 0.2) is 0 Å². The molecule has 0 bridgehead atoms. The van der Waals surface area contributed by atoms with Gasteiger partial charge in [0.05, 0.1) is 0 Å². The van der Waals surface area contributed by atoms with Gasteiger partial charge in [-0.25, -0.2) is 0 Å². The monoisotopic (exact) mass is 275 g/mol. The molecule has 0 radical (unpaired) electrons. The number of thiophene rings is 1. The van der Waals surface area contributed by atoms with Crippen LogP contribution in [-0.2, 0) is 6.42 Å². The second kappa shape index (κ2) is 5.47. The molecule has 0 saturated carbocycles. The Morgan fingerprint density at radius 1 is 1.33 bits per heavy atom. The van der Waals surface area contributed by atoms with E-state index in [1.165, 1.54) is 16.0 Å². The lowest BCUT2D eigenvalue weighted by molar-refractivity contribution is 0.483. The minimum atomic E-state index is 0.514. The van der Waals surface area contributed by atoms with Crippen molar-refractivity contribution in [2.75, 3.05) is 5.75 Å². The lowest BCUT2D eigenvalue weighted by Crippen LogP contribution is -2.32. The third-order valence-corrected chi connectivity index (χ3v) is 5.22. The fraction of sp³-hybridized carbons (Fsp3) is 0.333. The van der Waals surface area contributed by atoms with E-state index in [-0.39, 0.29) is 0 Å². The van der Waals surface area contributed by atoms with Crippen molar-refractivity contribution >= 4 is 23.1 Å². The van der Waals surface area contributed by atoms with E-state index in [1.807, 2.05) is 11.8 Å². The number of benzene rings is 1. The standard InChI is InChI=1S/C15H17NS2/c1-11(8-12-6-7-17-9-12)16-14-10-18-15-5-3-2-4-13(14)15/h2-7,9,11,14,16H,8,10H2,1H3. The molecule has 0 fully saturated rings. The van der Waals surface area contributed by atoms with Gasteiger partial charge in [0, 0.05) is 22.7 Å². The first-order chi connectivity index (χ1) is 8.83. The Labute approximate surface area is 117 Å². The maximum absolute atomic E-state index is 3.76.